The van der Waals surface area contributed by atoms with Crippen LogP contribution in [0.15, 0.2) is 0 Å². The molecule has 1 amide bonds. The third kappa shape index (κ3) is 4.40. The smallest absolute Gasteiger partial charge is 0.225 e. The molecule has 0 saturated carbocycles. The number of carbonyl (C=O) groups is 1. The molecule has 3 rings (SSSR count). The Kier molecular flexibility index (Phi) is 6.09. The molecular weight excluding hydrogens is 322 g/mol. The second kappa shape index (κ2) is 8.29. The second-order valence-corrected chi connectivity index (χ2v) is 6.92. The highest BCUT2D eigenvalue weighted by Crippen LogP contribution is 2.32. The molecule has 0 radical (unpaired) electrons. The van der Waals surface area contributed by atoms with Crippen LogP contribution in [-0.4, -0.2) is 66.5 Å². The summed E-state index contributed by atoms with van der Waals surface area (Å²) in [5.74, 6) is 0.955. The Hall–Kier alpha value is -1.44. The summed E-state index contributed by atoms with van der Waals surface area (Å²) in [7, 11) is 1.70. The first-order valence-electron chi connectivity index (χ1n) is 9.13. The van der Waals surface area contributed by atoms with Crippen molar-refractivity contribution < 1.29 is 19.0 Å². The maximum atomic E-state index is 12.7. The molecular formula is C18H29N3O4. The van der Waals surface area contributed by atoms with Gasteiger partial charge in [-0.05, 0) is 26.7 Å². The molecule has 2 aliphatic rings. The van der Waals surface area contributed by atoms with E-state index < -0.39 is 0 Å². The first-order chi connectivity index (χ1) is 12.1. The van der Waals surface area contributed by atoms with Crippen molar-refractivity contribution >= 4 is 5.91 Å². The summed E-state index contributed by atoms with van der Waals surface area (Å²) in [6, 6.07) is -0.0482. The van der Waals surface area contributed by atoms with Gasteiger partial charge < -0.3 is 24.1 Å². The molecule has 0 bridgehead atoms. The van der Waals surface area contributed by atoms with Gasteiger partial charge in [0, 0.05) is 39.0 Å². The molecule has 2 atom stereocenters. The number of rotatable bonds is 6. The fourth-order valence-corrected chi connectivity index (χ4v) is 3.54. The zero-order valence-electron chi connectivity index (χ0n) is 15.4. The molecule has 0 aliphatic carbocycles. The number of hydrogen-bond donors (Lipinski definition) is 1. The van der Waals surface area contributed by atoms with Crippen molar-refractivity contribution in [2.75, 3.05) is 33.5 Å². The third-order valence-corrected chi connectivity index (χ3v) is 5.22. The number of likely N-dealkylation sites (tertiary alicyclic amines) is 1. The van der Waals surface area contributed by atoms with Crippen molar-refractivity contribution in [3.63, 3.8) is 0 Å². The van der Waals surface area contributed by atoms with E-state index in [4.69, 9.17) is 14.2 Å². The van der Waals surface area contributed by atoms with Crippen LogP contribution in [0.1, 0.15) is 48.9 Å². The van der Waals surface area contributed by atoms with E-state index in [1.54, 1.807) is 7.11 Å². The van der Waals surface area contributed by atoms with Gasteiger partial charge in [0.2, 0.25) is 5.91 Å². The minimum Gasteiger partial charge on any atom is -0.381 e. The normalized spacial score (nSPS) is 24.8. The summed E-state index contributed by atoms with van der Waals surface area (Å²) in [5.41, 5.74) is 2.03. The van der Waals surface area contributed by atoms with Gasteiger partial charge in [0.05, 0.1) is 37.0 Å². The van der Waals surface area contributed by atoms with Gasteiger partial charge in [0.15, 0.2) is 0 Å². The van der Waals surface area contributed by atoms with E-state index in [2.05, 4.69) is 9.97 Å². The van der Waals surface area contributed by atoms with Crippen molar-refractivity contribution in [1.82, 2.24) is 14.9 Å². The van der Waals surface area contributed by atoms with E-state index in [1.165, 1.54) is 0 Å². The molecule has 140 valence electrons. The van der Waals surface area contributed by atoms with Crippen LogP contribution in [0.5, 0.6) is 0 Å². The number of ether oxygens (including phenoxy) is 3. The van der Waals surface area contributed by atoms with Crippen LogP contribution in [0.3, 0.4) is 0 Å². The number of nitrogens with zero attached hydrogens (tertiary/aromatic N) is 2. The summed E-state index contributed by atoms with van der Waals surface area (Å²) in [5, 5.41) is 0. The Balaban J connectivity index is 1.58. The van der Waals surface area contributed by atoms with Crippen LogP contribution in [-0.2, 0) is 19.0 Å². The Morgan fingerprint density at radius 3 is 2.72 bits per heavy atom. The summed E-state index contributed by atoms with van der Waals surface area (Å²) in [6.45, 7) is 6.55. The molecule has 0 unspecified atom stereocenters. The molecule has 0 aromatic carbocycles. The van der Waals surface area contributed by atoms with Crippen molar-refractivity contribution in [2.45, 2.75) is 57.8 Å². The van der Waals surface area contributed by atoms with Gasteiger partial charge in [-0.25, -0.2) is 4.98 Å². The van der Waals surface area contributed by atoms with Crippen molar-refractivity contribution in [1.29, 1.82) is 0 Å². The topological polar surface area (TPSA) is 76.7 Å². The lowest BCUT2D eigenvalue weighted by Crippen LogP contribution is -2.33. The number of aromatic amines is 1. The van der Waals surface area contributed by atoms with E-state index >= 15 is 0 Å². The highest BCUT2D eigenvalue weighted by molar-refractivity contribution is 5.77. The maximum Gasteiger partial charge on any atom is 0.225 e. The van der Waals surface area contributed by atoms with Gasteiger partial charge in [-0.1, -0.05) is 0 Å². The Bertz CT molecular complexity index is 563. The summed E-state index contributed by atoms with van der Waals surface area (Å²) in [6.07, 6.45) is 3.27. The minimum atomic E-state index is -0.0482. The quantitative estimate of drug-likeness (QED) is 0.847. The molecule has 1 aromatic heterocycles. The molecule has 1 N–H and O–H groups in total. The molecule has 3 heterocycles. The summed E-state index contributed by atoms with van der Waals surface area (Å²) >= 11 is 0. The number of aryl methyl sites for hydroxylation is 2. The predicted molar refractivity (Wildman–Crippen MR) is 92.3 cm³/mol. The fourth-order valence-electron chi connectivity index (χ4n) is 3.54. The van der Waals surface area contributed by atoms with E-state index in [-0.39, 0.29) is 24.2 Å². The first kappa shape index (κ1) is 18.4. The van der Waals surface area contributed by atoms with E-state index in [0.717, 1.165) is 49.7 Å². The number of aromatic nitrogens is 2. The lowest BCUT2D eigenvalue weighted by atomic mass is 10.1. The van der Waals surface area contributed by atoms with Crippen LogP contribution >= 0.6 is 0 Å². The van der Waals surface area contributed by atoms with Gasteiger partial charge in [-0.15, -0.1) is 0 Å². The van der Waals surface area contributed by atoms with Crippen LogP contribution in [0, 0.1) is 13.8 Å². The first-order valence-corrected chi connectivity index (χ1v) is 9.13. The van der Waals surface area contributed by atoms with E-state index in [0.29, 0.717) is 19.6 Å². The molecule has 0 spiro atoms. The Labute approximate surface area is 149 Å². The summed E-state index contributed by atoms with van der Waals surface area (Å²) in [4.78, 5) is 22.6. The van der Waals surface area contributed by atoms with Crippen LogP contribution < -0.4 is 0 Å². The van der Waals surface area contributed by atoms with Crippen molar-refractivity contribution in [3.05, 3.63) is 17.2 Å². The van der Waals surface area contributed by atoms with Gasteiger partial charge in [0.1, 0.15) is 5.82 Å². The molecule has 2 aliphatic heterocycles. The molecule has 25 heavy (non-hydrogen) atoms. The SMILES string of the molecule is CO[C@@H]1C[C@@H](c2nc(C)c(C)[nH]2)N(C(=O)CCOC2CCOCC2)C1. The average molecular weight is 351 g/mol. The molecule has 7 heteroatoms. The van der Waals surface area contributed by atoms with Crippen LogP contribution in [0.4, 0.5) is 0 Å². The fraction of sp³-hybridized carbons (Fsp3) is 0.778. The lowest BCUT2D eigenvalue weighted by Gasteiger charge is -2.25. The van der Waals surface area contributed by atoms with Gasteiger partial charge in [-0.3, -0.25) is 4.79 Å². The number of amides is 1. The number of nitrogens with one attached hydrogen (secondary N) is 1. The minimum absolute atomic E-state index is 0.0482. The van der Waals surface area contributed by atoms with E-state index in [9.17, 15) is 4.79 Å². The molecule has 2 saturated heterocycles. The number of carbonyl (C=O) groups excluding carboxylic acids is 1. The number of hydrogen-bond acceptors (Lipinski definition) is 5. The predicted octanol–water partition coefficient (Wildman–Crippen LogP) is 1.90. The Morgan fingerprint density at radius 1 is 1.32 bits per heavy atom. The summed E-state index contributed by atoms with van der Waals surface area (Å²) < 4.78 is 16.7. The second-order valence-electron chi connectivity index (χ2n) is 6.92. The maximum absolute atomic E-state index is 12.7. The van der Waals surface area contributed by atoms with Gasteiger partial charge in [-0.2, -0.15) is 0 Å². The molecule has 1 aromatic rings. The van der Waals surface area contributed by atoms with Gasteiger partial charge in [0.25, 0.3) is 0 Å². The van der Waals surface area contributed by atoms with Gasteiger partial charge >= 0.3 is 0 Å². The standard InChI is InChI=1S/C18H29N3O4/c1-12-13(2)20-18(19-12)16-10-15(23-3)11-21(16)17(22)6-9-25-14-4-7-24-8-5-14/h14-16H,4-11H2,1-3H3,(H,19,20)/t15-,16+/m1/s1. The Morgan fingerprint density at radius 2 is 2.08 bits per heavy atom. The average Bonchev–Trinajstić information content (AvgIpc) is 3.19. The number of imidazole rings is 1. The monoisotopic (exact) mass is 351 g/mol. The molecule has 2 fully saturated rings. The highest BCUT2D eigenvalue weighted by atomic mass is 16.5. The van der Waals surface area contributed by atoms with E-state index in [1.807, 2.05) is 18.7 Å². The highest BCUT2D eigenvalue weighted by Gasteiger charge is 2.37. The van der Waals surface area contributed by atoms with Crippen molar-refractivity contribution in [2.24, 2.45) is 0 Å². The lowest BCUT2D eigenvalue weighted by molar-refractivity contribution is -0.134. The zero-order valence-corrected chi connectivity index (χ0v) is 15.4. The number of H-pyrrole nitrogens is 1. The third-order valence-electron chi connectivity index (χ3n) is 5.22. The zero-order chi connectivity index (χ0) is 17.8. The van der Waals surface area contributed by atoms with Crippen molar-refractivity contribution in [3.8, 4) is 0 Å². The number of methoxy groups -OCH3 is 1. The largest absolute Gasteiger partial charge is 0.381 e. The van der Waals surface area contributed by atoms with Crippen LogP contribution in [0.2, 0.25) is 0 Å². The molecule has 7 nitrogen and oxygen atoms in total. The van der Waals surface area contributed by atoms with Crippen LogP contribution in [0.25, 0.3) is 0 Å².